The maximum absolute atomic E-state index is 15.0. The number of aliphatic hydroxyl groups is 1. The van der Waals surface area contributed by atoms with Gasteiger partial charge in [0.2, 0.25) is 0 Å². The van der Waals surface area contributed by atoms with Gasteiger partial charge in [-0.2, -0.15) is 4.90 Å². The Bertz CT molecular complexity index is 1170. The predicted octanol–water partition coefficient (Wildman–Crippen LogP) is 4.89. The van der Waals surface area contributed by atoms with Crippen molar-refractivity contribution in [2.24, 2.45) is 4.99 Å². The van der Waals surface area contributed by atoms with E-state index in [-0.39, 0.29) is 0 Å². The predicted molar refractivity (Wildman–Crippen MR) is 137 cm³/mol. The van der Waals surface area contributed by atoms with Crippen LogP contribution in [-0.4, -0.2) is 71.4 Å². The molecule has 2 atom stereocenters. The molecule has 9 nitrogen and oxygen atoms in total. The number of amidine groups is 1. The minimum Gasteiger partial charge on any atom is -0.443 e. The van der Waals surface area contributed by atoms with Crippen LogP contribution >= 0.6 is 15.9 Å². The van der Waals surface area contributed by atoms with Gasteiger partial charge < -0.3 is 14.6 Å². The van der Waals surface area contributed by atoms with Gasteiger partial charge in [0.25, 0.3) is 0 Å². The number of aliphatic imine (C=N–C) groups is 1. The summed E-state index contributed by atoms with van der Waals surface area (Å²) in [5, 5.41) is 9.74. The van der Waals surface area contributed by atoms with Gasteiger partial charge in [-0.05, 0) is 73.1 Å². The van der Waals surface area contributed by atoms with Crippen LogP contribution in [-0.2, 0) is 24.8 Å². The van der Waals surface area contributed by atoms with Crippen LogP contribution in [0.25, 0.3) is 0 Å². The first-order chi connectivity index (χ1) is 16.7. The molecule has 208 valence electrons. The van der Waals surface area contributed by atoms with Crippen LogP contribution < -0.4 is 0 Å². The minimum atomic E-state index is -4.50. The lowest BCUT2D eigenvalue weighted by atomic mass is 9.91. The molecule has 0 saturated carbocycles. The van der Waals surface area contributed by atoms with E-state index in [0.29, 0.717) is 9.37 Å². The number of imide groups is 1. The number of aliphatic hydroxyl groups excluding tert-OH is 1. The zero-order valence-corrected chi connectivity index (χ0v) is 24.3. The Labute approximate surface area is 224 Å². The van der Waals surface area contributed by atoms with Crippen LogP contribution in [0.4, 0.5) is 18.4 Å². The van der Waals surface area contributed by atoms with Crippen molar-refractivity contribution < 1.29 is 41.4 Å². The van der Waals surface area contributed by atoms with E-state index in [4.69, 9.17) is 9.47 Å². The summed E-state index contributed by atoms with van der Waals surface area (Å²) < 4.78 is 66.2. The molecule has 0 saturated heterocycles. The molecule has 1 aliphatic rings. The largest absolute Gasteiger partial charge is 0.443 e. The highest BCUT2D eigenvalue weighted by atomic mass is 79.9. The quantitative estimate of drug-likeness (QED) is 0.514. The Morgan fingerprint density at radius 3 is 2.08 bits per heavy atom. The monoisotopic (exact) mass is 610 g/mol. The van der Waals surface area contributed by atoms with E-state index in [0.717, 1.165) is 13.0 Å². The maximum atomic E-state index is 15.0. The molecule has 13 heteroatoms. The first kappa shape index (κ1) is 31.1. The molecular weight excluding hydrogens is 578 g/mol. The Morgan fingerprint density at radius 1 is 1.14 bits per heavy atom. The Hall–Kier alpha value is -2.12. The van der Waals surface area contributed by atoms with E-state index in [9.17, 15) is 31.9 Å². The molecule has 0 fully saturated rings. The third-order valence-electron chi connectivity index (χ3n) is 5.51. The van der Waals surface area contributed by atoms with E-state index < -0.39 is 86.2 Å². The topological polar surface area (TPSA) is 123 Å². The van der Waals surface area contributed by atoms with Gasteiger partial charge in [-0.15, -0.1) is 0 Å². The molecule has 1 N–H and O–H groups in total. The van der Waals surface area contributed by atoms with Crippen LogP contribution in [0.2, 0.25) is 0 Å². The van der Waals surface area contributed by atoms with Crippen LogP contribution in [0.1, 0.15) is 60.5 Å². The first-order valence-electron chi connectivity index (χ1n) is 11.4. The van der Waals surface area contributed by atoms with Crippen LogP contribution in [0.3, 0.4) is 0 Å². The third kappa shape index (κ3) is 6.66. The number of halogens is 3. The lowest BCUT2D eigenvalue weighted by molar-refractivity contribution is 0.0136. The molecule has 2 rings (SSSR count). The molecular formula is C24H33BrF2N2O7S. The van der Waals surface area contributed by atoms with Crippen molar-refractivity contribution in [2.45, 2.75) is 76.4 Å². The molecule has 1 heterocycles. The van der Waals surface area contributed by atoms with Gasteiger partial charge in [0.05, 0.1) is 5.75 Å². The molecule has 2 amide bonds. The Balaban J connectivity index is 2.98. The SMILES string of the molecule is CC(C)(C)OC(=O)N(C(=O)OC(C)(C)C)C1=N[C@](CF)(c2cc(Br)ccc2F)CS(=O)(=O)[C@]1(C)CCO. The van der Waals surface area contributed by atoms with Crippen molar-refractivity contribution >= 4 is 43.8 Å². The number of rotatable bonds is 4. The number of hydrogen-bond donors (Lipinski definition) is 1. The number of alkyl halides is 1. The van der Waals surface area contributed by atoms with E-state index in [1.54, 1.807) is 0 Å². The van der Waals surface area contributed by atoms with Gasteiger partial charge in [-0.25, -0.2) is 26.8 Å². The third-order valence-corrected chi connectivity index (χ3v) is 8.62. The summed E-state index contributed by atoms with van der Waals surface area (Å²) in [5.74, 6) is -2.67. The summed E-state index contributed by atoms with van der Waals surface area (Å²) in [6.07, 6.45) is -3.16. The zero-order valence-electron chi connectivity index (χ0n) is 21.9. The number of carbonyl (C=O) groups is 2. The van der Waals surface area contributed by atoms with Crippen molar-refractivity contribution in [3.63, 3.8) is 0 Å². The number of carbonyl (C=O) groups excluding carboxylic acids is 2. The fourth-order valence-electron chi connectivity index (χ4n) is 3.73. The second-order valence-corrected chi connectivity index (χ2v) is 14.3. The number of sulfone groups is 1. The maximum Gasteiger partial charge on any atom is 0.425 e. The van der Waals surface area contributed by atoms with Crippen molar-refractivity contribution in [1.82, 2.24) is 4.90 Å². The van der Waals surface area contributed by atoms with Crippen molar-refractivity contribution in [3.8, 4) is 0 Å². The average Bonchev–Trinajstić information content (AvgIpc) is 2.70. The van der Waals surface area contributed by atoms with Crippen molar-refractivity contribution in [1.29, 1.82) is 0 Å². The lowest BCUT2D eigenvalue weighted by Gasteiger charge is -2.43. The molecule has 0 bridgehead atoms. The zero-order chi connectivity index (χ0) is 28.6. The van der Waals surface area contributed by atoms with Crippen LogP contribution in [0.15, 0.2) is 27.7 Å². The second-order valence-electron chi connectivity index (χ2n) is 11.0. The number of ether oxygens (including phenoxy) is 2. The first-order valence-corrected chi connectivity index (χ1v) is 13.9. The number of nitrogens with zero attached hydrogens (tertiary/aromatic N) is 2. The van der Waals surface area contributed by atoms with Gasteiger partial charge in [0, 0.05) is 16.6 Å². The smallest absolute Gasteiger partial charge is 0.425 e. The summed E-state index contributed by atoms with van der Waals surface area (Å²) in [6.45, 7) is 8.12. The lowest BCUT2D eigenvalue weighted by Crippen LogP contribution is -2.63. The molecule has 0 aliphatic carbocycles. The molecule has 1 aromatic carbocycles. The molecule has 0 unspecified atom stereocenters. The molecule has 0 aromatic heterocycles. The summed E-state index contributed by atoms with van der Waals surface area (Å²) in [4.78, 5) is 31.3. The summed E-state index contributed by atoms with van der Waals surface area (Å²) in [6, 6.07) is 3.54. The van der Waals surface area contributed by atoms with Crippen molar-refractivity contribution in [3.05, 3.63) is 34.1 Å². The molecule has 0 radical (unpaired) electrons. The molecule has 1 aliphatic heterocycles. The highest BCUT2D eigenvalue weighted by Gasteiger charge is 2.58. The van der Waals surface area contributed by atoms with E-state index in [1.165, 1.54) is 53.7 Å². The van der Waals surface area contributed by atoms with Crippen LogP contribution in [0, 0.1) is 5.82 Å². The van der Waals surface area contributed by atoms with Gasteiger partial charge in [-0.1, -0.05) is 15.9 Å². The fraction of sp³-hybridized carbons (Fsp3) is 0.625. The number of hydrogen-bond acceptors (Lipinski definition) is 8. The second kappa shape index (κ2) is 10.6. The van der Waals surface area contributed by atoms with Gasteiger partial charge in [0.1, 0.15) is 39.8 Å². The van der Waals surface area contributed by atoms with Gasteiger partial charge in [0.15, 0.2) is 9.84 Å². The van der Waals surface area contributed by atoms with Crippen molar-refractivity contribution in [2.75, 3.05) is 19.0 Å². The highest BCUT2D eigenvalue weighted by Crippen LogP contribution is 2.42. The van der Waals surface area contributed by atoms with Gasteiger partial charge in [-0.3, -0.25) is 4.99 Å². The van der Waals surface area contributed by atoms with E-state index in [2.05, 4.69) is 20.9 Å². The number of amides is 2. The average molecular weight is 612 g/mol. The summed E-state index contributed by atoms with van der Waals surface area (Å²) >= 11 is 3.17. The molecule has 1 aromatic rings. The number of benzene rings is 1. The van der Waals surface area contributed by atoms with Crippen LogP contribution in [0.5, 0.6) is 0 Å². The van der Waals surface area contributed by atoms with E-state index >= 15 is 0 Å². The fourth-order valence-corrected chi connectivity index (χ4v) is 6.15. The molecule has 0 spiro atoms. The summed E-state index contributed by atoms with van der Waals surface area (Å²) in [5.41, 5.74) is -5.01. The standard InChI is InChI=1S/C24H33BrF2N2O7S/c1-21(2,3)35-19(31)29(20(32)36-22(4,5)6)18-23(7,10-11-30)37(33,34)14-24(13-26,28-18)16-12-15(25)8-9-17(16)27/h8-9,12,30H,10-11,13-14H2,1-7H3/t23-,24+/m1/s1. The minimum absolute atomic E-state index is 0.295. The normalized spacial score (nSPS) is 23.7. The molecule has 37 heavy (non-hydrogen) atoms. The highest BCUT2D eigenvalue weighted by molar-refractivity contribution is 9.10. The Kier molecular flexibility index (Phi) is 8.88. The van der Waals surface area contributed by atoms with Gasteiger partial charge >= 0.3 is 12.2 Å². The summed E-state index contributed by atoms with van der Waals surface area (Å²) in [7, 11) is -4.50. The van der Waals surface area contributed by atoms with E-state index in [1.807, 2.05) is 0 Å². The Morgan fingerprint density at radius 2 is 1.65 bits per heavy atom.